The molecular weight excluding hydrogens is 352 g/mol. The van der Waals surface area contributed by atoms with Crippen molar-refractivity contribution < 1.29 is 19.1 Å². The minimum Gasteiger partial charge on any atom is -0.494 e. The van der Waals surface area contributed by atoms with Crippen LogP contribution in [-0.4, -0.2) is 54.6 Å². The number of hydrazone groups is 1. The van der Waals surface area contributed by atoms with Gasteiger partial charge in [0.25, 0.3) is 5.91 Å². The Morgan fingerprint density at radius 2 is 2.04 bits per heavy atom. The molecule has 0 bridgehead atoms. The van der Waals surface area contributed by atoms with Crippen molar-refractivity contribution in [1.29, 1.82) is 0 Å². The summed E-state index contributed by atoms with van der Waals surface area (Å²) < 4.78 is 5.58. The topological polar surface area (TPSA) is 124 Å². The van der Waals surface area contributed by atoms with Crippen LogP contribution >= 0.6 is 0 Å². The molecule has 10 heteroatoms. The van der Waals surface area contributed by atoms with Crippen LogP contribution in [0.3, 0.4) is 0 Å². The van der Waals surface area contributed by atoms with E-state index in [4.69, 9.17) is 4.74 Å². The number of benzene rings is 1. The van der Waals surface area contributed by atoms with Gasteiger partial charge in [-0.1, -0.05) is 13.3 Å². The Labute approximate surface area is 156 Å². The van der Waals surface area contributed by atoms with E-state index in [1.54, 1.807) is 0 Å². The SMILES string of the molecule is CCCCOc1ccc(/C=N\NC(=O)CN2C(=O)N[C@@H]3NC(=O)N[C@@H]32)cc1. The molecule has 1 aromatic carbocycles. The standard InChI is InChI=1S/C17H22N6O4/c1-2-3-8-27-12-6-4-11(5-7-12)9-18-22-13(24)10-23-15-14(20-17(23)26)19-16(25)21-15/h4-7,9,14-15H,2-3,8,10H2,1H3,(H,20,26)(H,22,24)(H2,19,21,25)/b18-9-/t14-,15+/m0/s1. The van der Waals surface area contributed by atoms with E-state index in [-0.39, 0.29) is 6.54 Å². The van der Waals surface area contributed by atoms with Gasteiger partial charge in [-0.25, -0.2) is 15.0 Å². The third-order valence-electron chi connectivity index (χ3n) is 4.12. The van der Waals surface area contributed by atoms with Crippen LogP contribution in [0.2, 0.25) is 0 Å². The molecule has 2 aliphatic heterocycles. The van der Waals surface area contributed by atoms with E-state index in [0.717, 1.165) is 24.2 Å². The van der Waals surface area contributed by atoms with Crippen LogP contribution in [0.4, 0.5) is 9.59 Å². The van der Waals surface area contributed by atoms with Gasteiger partial charge in [0.1, 0.15) is 24.6 Å². The number of carbonyl (C=O) groups excluding carboxylic acids is 3. The quantitative estimate of drug-likeness (QED) is 0.297. The molecule has 144 valence electrons. The van der Waals surface area contributed by atoms with Gasteiger partial charge in [-0.15, -0.1) is 0 Å². The second-order valence-electron chi connectivity index (χ2n) is 6.18. The van der Waals surface area contributed by atoms with Crippen molar-refractivity contribution in [2.75, 3.05) is 13.2 Å². The van der Waals surface area contributed by atoms with Crippen LogP contribution in [0.15, 0.2) is 29.4 Å². The number of carbonyl (C=O) groups is 3. The number of hydrogen-bond acceptors (Lipinski definition) is 5. The maximum Gasteiger partial charge on any atom is 0.321 e. The maximum absolute atomic E-state index is 12.0. The number of nitrogens with one attached hydrogen (secondary N) is 4. The molecular formula is C17H22N6O4. The first-order valence-corrected chi connectivity index (χ1v) is 8.76. The molecule has 0 unspecified atom stereocenters. The van der Waals surface area contributed by atoms with Crippen molar-refractivity contribution in [3.8, 4) is 5.75 Å². The van der Waals surface area contributed by atoms with E-state index >= 15 is 0 Å². The summed E-state index contributed by atoms with van der Waals surface area (Å²) in [5.41, 5.74) is 3.17. The predicted octanol–water partition coefficient (Wildman–Crippen LogP) is 0.306. The molecule has 2 aliphatic rings. The van der Waals surface area contributed by atoms with E-state index in [0.29, 0.717) is 6.61 Å². The lowest BCUT2D eigenvalue weighted by Crippen LogP contribution is -2.47. The Balaban J connectivity index is 1.46. The summed E-state index contributed by atoms with van der Waals surface area (Å²) in [6, 6.07) is 6.50. The van der Waals surface area contributed by atoms with Gasteiger partial charge >= 0.3 is 12.1 Å². The number of fused-ring (bicyclic) bond motifs is 1. The third-order valence-corrected chi connectivity index (χ3v) is 4.12. The molecule has 0 radical (unpaired) electrons. The predicted molar refractivity (Wildman–Crippen MR) is 97.1 cm³/mol. The molecule has 2 heterocycles. The Morgan fingerprint density at radius 3 is 2.78 bits per heavy atom. The molecule has 1 aromatic rings. The summed E-state index contributed by atoms with van der Waals surface area (Å²) in [4.78, 5) is 36.4. The number of rotatable bonds is 8. The zero-order valence-corrected chi connectivity index (χ0v) is 14.9. The summed E-state index contributed by atoms with van der Waals surface area (Å²) in [6.07, 6.45) is 2.44. The first kappa shape index (κ1) is 18.5. The minimum absolute atomic E-state index is 0.226. The van der Waals surface area contributed by atoms with Gasteiger partial charge in [-0.2, -0.15) is 5.10 Å². The van der Waals surface area contributed by atoms with Crippen LogP contribution in [0, 0.1) is 0 Å². The normalized spacial score (nSPS) is 20.9. The van der Waals surface area contributed by atoms with Gasteiger partial charge in [-0.3, -0.25) is 9.69 Å². The molecule has 2 fully saturated rings. The Morgan fingerprint density at radius 1 is 1.26 bits per heavy atom. The average molecular weight is 374 g/mol. The van der Waals surface area contributed by atoms with Gasteiger partial charge in [-0.05, 0) is 36.2 Å². The first-order valence-electron chi connectivity index (χ1n) is 8.76. The summed E-state index contributed by atoms with van der Waals surface area (Å²) in [5.74, 6) is 0.314. The highest BCUT2D eigenvalue weighted by molar-refractivity contribution is 5.89. The highest BCUT2D eigenvalue weighted by Crippen LogP contribution is 2.13. The molecule has 27 heavy (non-hydrogen) atoms. The van der Waals surface area contributed by atoms with E-state index in [2.05, 4.69) is 33.4 Å². The monoisotopic (exact) mass is 374 g/mol. The molecule has 0 spiro atoms. The molecule has 0 aliphatic carbocycles. The molecule has 4 N–H and O–H groups in total. The summed E-state index contributed by atoms with van der Waals surface area (Å²) in [7, 11) is 0. The Kier molecular flexibility index (Phi) is 5.74. The van der Waals surface area contributed by atoms with Crippen molar-refractivity contribution in [2.24, 2.45) is 5.10 Å². The number of ether oxygens (including phenoxy) is 1. The number of unbranched alkanes of at least 4 members (excludes halogenated alkanes) is 1. The fraction of sp³-hybridized carbons (Fsp3) is 0.412. The van der Waals surface area contributed by atoms with Crippen LogP contribution in [-0.2, 0) is 4.79 Å². The van der Waals surface area contributed by atoms with Gasteiger partial charge in [0.2, 0.25) is 0 Å². The van der Waals surface area contributed by atoms with Gasteiger partial charge in [0.05, 0.1) is 12.8 Å². The fourth-order valence-electron chi connectivity index (χ4n) is 2.72. The summed E-state index contributed by atoms with van der Waals surface area (Å²) in [6.45, 7) is 2.56. The zero-order chi connectivity index (χ0) is 19.2. The highest BCUT2D eigenvalue weighted by Gasteiger charge is 2.45. The second kappa shape index (κ2) is 8.39. The van der Waals surface area contributed by atoms with Crippen molar-refractivity contribution >= 4 is 24.2 Å². The van der Waals surface area contributed by atoms with E-state index in [1.165, 1.54) is 11.1 Å². The molecule has 0 saturated carbocycles. The maximum atomic E-state index is 12.0. The van der Waals surface area contributed by atoms with Crippen molar-refractivity contribution in [1.82, 2.24) is 26.3 Å². The van der Waals surface area contributed by atoms with E-state index in [9.17, 15) is 14.4 Å². The first-order chi connectivity index (χ1) is 13.1. The highest BCUT2D eigenvalue weighted by atomic mass is 16.5. The van der Waals surface area contributed by atoms with Crippen LogP contribution < -0.4 is 26.1 Å². The Bertz CT molecular complexity index is 735. The average Bonchev–Trinajstić information content (AvgIpc) is 3.13. The molecule has 3 rings (SSSR count). The van der Waals surface area contributed by atoms with Gasteiger partial charge in [0.15, 0.2) is 0 Å². The third kappa shape index (κ3) is 4.66. The lowest BCUT2D eigenvalue weighted by molar-refractivity contribution is -0.121. The van der Waals surface area contributed by atoms with Gasteiger partial charge < -0.3 is 20.7 Å². The van der Waals surface area contributed by atoms with Crippen LogP contribution in [0.1, 0.15) is 25.3 Å². The van der Waals surface area contributed by atoms with Crippen molar-refractivity contribution in [3.63, 3.8) is 0 Å². The van der Waals surface area contributed by atoms with Crippen molar-refractivity contribution in [2.45, 2.75) is 32.1 Å². The largest absolute Gasteiger partial charge is 0.494 e. The second-order valence-corrected chi connectivity index (χ2v) is 6.18. The number of hydrogen-bond donors (Lipinski definition) is 4. The number of urea groups is 2. The molecule has 10 nitrogen and oxygen atoms in total. The summed E-state index contributed by atoms with van der Waals surface area (Å²) >= 11 is 0. The molecule has 2 atom stereocenters. The molecule has 5 amide bonds. The Hall–Kier alpha value is -3.30. The smallest absolute Gasteiger partial charge is 0.321 e. The van der Waals surface area contributed by atoms with Gasteiger partial charge in [0, 0.05) is 0 Å². The van der Waals surface area contributed by atoms with E-state index in [1.807, 2.05) is 24.3 Å². The minimum atomic E-state index is -0.597. The number of amides is 5. The fourth-order valence-corrected chi connectivity index (χ4v) is 2.72. The van der Waals surface area contributed by atoms with E-state index < -0.39 is 30.3 Å². The van der Waals surface area contributed by atoms with Crippen molar-refractivity contribution in [3.05, 3.63) is 29.8 Å². The van der Waals surface area contributed by atoms with Crippen LogP contribution in [0.25, 0.3) is 0 Å². The molecule has 0 aromatic heterocycles. The lowest BCUT2D eigenvalue weighted by atomic mass is 10.2. The molecule has 2 saturated heterocycles. The summed E-state index contributed by atoms with van der Waals surface area (Å²) in [5, 5.41) is 11.6. The number of nitrogens with zero attached hydrogens (tertiary/aromatic N) is 2. The lowest BCUT2D eigenvalue weighted by Gasteiger charge is -2.19. The van der Waals surface area contributed by atoms with Crippen LogP contribution in [0.5, 0.6) is 5.75 Å². The zero-order valence-electron chi connectivity index (χ0n) is 14.9.